The van der Waals surface area contributed by atoms with Crippen LogP contribution in [0, 0.1) is 5.92 Å². The van der Waals surface area contributed by atoms with Crippen LogP contribution in [0.15, 0.2) is 24.6 Å². The average molecular weight is 153 g/mol. The van der Waals surface area contributed by atoms with Crippen LogP contribution in [-0.4, -0.2) is 11.4 Å². The Bertz CT molecular complexity index is 122. The van der Waals surface area contributed by atoms with Gasteiger partial charge in [-0.15, -0.1) is 0 Å². The summed E-state index contributed by atoms with van der Waals surface area (Å²) in [6, 6.07) is 0. The van der Waals surface area contributed by atoms with Crippen molar-refractivity contribution in [3.63, 3.8) is 0 Å². The Morgan fingerprint density at radius 1 is 1.18 bits per heavy atom. The molecule has 0 bridgehead atoms. The SMILES string of the molecule is CC.CCN1C=CC(C)C=C1. The van der Waals surface area contributed by atoms with Crippen LogP contribution in [0.2, 0.25) is 0 Å². The van der Waals surface area contributed by atoms with Crippen LogP contribution >= 0.6 is 0 Å². The second-order valence-electron chi connectivity index (χ2n) is 2.37. The highest BCUT2D eigenvalue weighted by Gasteiger charge is 1.97. The lowest BCUT2D eigenvalue weighted by atomic mass is 10.1. The van der Waals surface area contributed by atoms with Gasteiger partial charge >= 0.3 is 0 Å². The molecule has 11 heavy (non-hydrogen) atoms. The Hall–Kier alpha value is -0.720. The van der Waals surface area contributed by atoms with Gasteiger partial charge in [-0.1, -0.05) is 32.9 Å². The summed E-state index contributed by atoms with van der Waals surface area (Å²) < 4.78 is 0. The van der Waals surface area contributed by atoms with E-state index in [1.807, 2.05) is 13.8 Å². The summed E-state index contributed by atoms with van der Waals surface area (Å²) in [6.07, 6.45) is 8.66. The summed E-state index contributed by atoms with van der Waals surface area (Å²) in [5.41, 5.74) is 0. The van der Waals surface area contributed by atoms with Gasteiger partial charge in [-0.3, -0.25) is 0 Å². The molecule has 1 rings (SSSR count). The Morgan fingerprint density at radius 2 is 1.64 bits per heavy atom. The monoisotopic (exact) mass is 153 g/mol. The van der Waals surface area contributed by atoms with Crippen molar-refractivity contribution in [3.05, 3.63) is 24.6 Å². The average Bonchev–Trinajstić information content (AvgIpc) is 2.10. The zero-order valence-electron chi connectivity index (χ0n) is 8.04. The summed E-state index contributed by atoms with van der Waals surface area (Å²) in [6.45, 7) is 9.39. The van der Waals surface area contributed by atoms with Gasteiger partial charge in [-0.05, 0) is 12.8 Å². The largest absolute Gasteiger partial charge is 0.355 e. The second-order valence-corrected chi connectivity index (χ2v) is 2.37. The first kappa shape index (κ1) is 10.3. The Kier molecular flexibility index (Phi) is 5.63. The number of allylic oxidation sites excluding steroid dienone is 2. The first-order valence-electron chi connectivity index (χ1n) is 4.45. The molecular weight excluding hydrogens is 134 g/mol. The van der Waals surface area contributed by atoms with Crippen molar-refractivity contribution in [1.82, 2.24) is 4.90 Å². The first-order chi connectivity index (χ1) is 5.33. The van der Waals surface area contributed by atoms with Gasteiger partial charge in [0.15, 0.2) is 0 Å². The molecule has 1 nitrogen and oxygen atoms in total. The molecule has 1 heteroatoms. The smallest absolute Gasteiger partial charge is 0.0190 e. The van der Waals surface area contributed by atoms with Gasteiger partial charge in [-0.2, -0.15) is 0 Å². The van der Waals surface area contributed by atoms with Crippen LogP contribution in [0.1, 0.15) is 27.7 Å². The molecule has 64 valence electrons. The lowest BCUT2D eigenvalue weighted by molar-refractivity contribution is 0.517. The highest BCUT2D eigenvalue weighted by Crippen LogP contribution is 2.07. The number of rotatable bonds is 1. The van der Waals surface area contributed by atoms with Crippen molar-refractivity contribution >= 4 is 0 Å². The summed E-state index contributed by atoms with van der Waals surface area (Å²) >= 11 is 0. The number of hydrogen-bond acceptors (Lipinski definition) is 1. The maximum Gasteiger partial charge on any atom is 0.0190 e. The zero-order chi connectivity index (χ0) is 8.69. The minimum atomic E-state index is 0.618. The molecule has 0 aromatic rings. The fourth-order valence-corrected chi connectivity index (χ4v) is 0.817. The molecule has 0 atom stereocenters. The zero-order valence-corrected chi connectivity index (χ0v) is 8.04. The molecule has 0 unspecified atom stereocenters. The van der Waals surface area contributed by atoms with E-state index in [1.54, 1.807) is 0 Å². The van der Waals surface area contributed by atoms with Crippen molar-refractivity contribution in [2.45, 2.75) is 27.7 Å². The van der Waals surface area contributed by atoms with Gasteiger partial charge in [0, 0.05) is 18.9 Å². The van der Waals surface area contributed by atoms with Crippen molar-refractivity contribution < 1.29 is 0 Å². The highest BCUT2D eigenvalue weighted by atomic mass is 15.1. The standard InChI is InChI=1S/C8H13N.C2H6/c1-3-9-6-4-8(2)5-7-9;1-2/h4-8H,3H2,1-2H3;1-2H3. The Balaban J connectivity index is 0.000000461. The maximum absolute atomic E-state index is 2.20. The third-order valence-corrected chi connectivity index (χ3v) is 1.53. The van der Waals surface area contributed by atoms with E-state index in [9.17, 15) is 0 Å². The molecule has 0 saturated heterocycles. The van der Waals surface area contributed by atoms with Crippen molar-refractivity contribution in [3.8, 4) is 0 Å². The molecule has 0 aromatic carbocycles. The summed E-state index contributed by atoms with van der Waals surface area (Å²) in [5, 5.41) is 0. The minimum Gasteiger partial charge on any atom is -0.355 e. The van der Waals surface area contributed by atoms with E-state index in [0.29, 0.717) is 5.92 Å². The first-order valence-corrected chi connectivity index (χ1v) is 4.45. The predicted octanol–water partition coefficient (Wildman–Crippen LogP) is 3.01. The molecule has 0 aliphatic carbocycles. The fraction of sp³-hybridized carbons (Fsp3) is 0.600. The summed E-state index contributed by atoms with van der Waals surface area (Å²) in [4.78, 5) is 2.17. The van der Waals surface area contributed by atoms with E-state index in [0.717, 1.165) is 6.54 Å². The van der Waals surface area contributed by atoms with Gasteiger partial charge in [-0.25, -0.2) is 0 Å². The molecule has 0 saturated carbocycles. The van der Waals surface area contributed by atoms with E-state index >= 15 is 0 Å². The third kappa shape index (κ3) is 3.87. The van der Waals surface area contributed by atoms with Crippen LogP contribution in [0.3, 0.4) is 0 Å². The molecule has 0 amide bonds. The van der Waals surface area contributed by atoms with Gasteiger partial charge in [0.2, 0.25) is 0 Å². The maximum atomic E-state index is 2.20. The molecular formula is C10H19N. The van der Waals surface area contributed by atoms with Crippen LogP contribution in [0.5, 0.6) is 0 Å². The Morgan fingerprint density at radius 3 is 2.00 bits per heavy atom. The quantitative estimate of drug-likeness (QED) is 0.559. The lowest BCUT2D eigenvalue weighted by Gasteiger charge is -2.17. The van der Waals surface area contributed by atoms with Crippen LogP contribution < -0.4 is 0 Å². The van der Waals surface area contributed by atoms with Gasteiger partial charge in [0.05, 0.1) is 0 Å². The summed E-state index contributed by atoms with van der Waals surface area (Å²) in [7, 11) is 0. The van der Waals surface area contributed by atoms with Crippen molar-refractivity contribution in [2.24, 2.45) is 5.92 Å². The van der Waals surface area contributed by atoms with Crippen LogP contribution in [-0.2, 0) is 0 Å². The molecule has 0 radical (unpaired) electrons. The van der Waals surface area contributed by atoms with E-state index in [1.165, 1.54) is 0 Å². The molecule has 0 aromatic heterocycles. The van der Waals surface area contributed by atoms with Crippen molar-refractivity contribution in [2.75, 3.05) is 6.54 Å². The highest BCUT2D eigenvalue weighted by molar-refractivity contribution is 5.05. The molecule has 1 aliphatic rings. The molecule has 0 fully saturated rings. The minimum absolute atomic E-state index is 0.618. The van der Waals surface area contributed by atoms with Crippen LogP contribution in [0.25, 0.3) is 0 Å². The predicted molar refractivity (Wildman–Crippen MR) is 51.2 cm³/mol. The van der Waals surface area contributed by atoms with E-state index in [4.69, 9.17) is 0 Å². The molecule has 1 heterocycles. The topological polar surface area (TPSA) is 3.24 Å². The Labute approximate surface area is 70.4 Å². The van der Waals surface area contributed by atoms with Gasteiger partial charge < -0.3 is 4.90 Å². The second kappa shape index (κ2) is 6.02. The van der Waals surface area contributed by atoms with E-state index < -0.39 is 0 Å². The van der Waals surface area contributed by atoms with Gasteiger partial charge in [0.25, 0.3) is 0 Å². The van der Waals surface area contributed by atoms with Crippen molar-refractivity contribution in [1.29, 1.82) is 0 Å². The normalized spacial score (nSPS) is 16.2. The molecule has 1 aliphatic heterocycles. The molecule has 0 spiro atoms. The third-order valence-electron chi connectivity index (χ3n) is 1.53. The fourth-order valence-electron chi connectivity index (χ4n) is 0.817. The molecule has 0 N–H and O–H groups in total. The number of hydrogen-bond donors (Lipinski definition) is 0. The van der Waals surface area contributed by atoms with E-state index in [2.05, 4.69) is 43.3 Å². The van der Waals surface area contributed by atoms with E-state index in [-0.39, 0.29) is 0 Å². The number of nitrogens with zero attached hydrogens (tertiary/aromatic N) is 1. The van der Waals surface area contributed by atoms with Crippen LogP contribution in [0.4, 0.5) is 0 Å². The lowest BCUT2D eigenvalue weighted by Crippen LogP contribution is -2.11. The summed E-state index contributed by atoms with van der Waals surface area (Å²) in [5.74, 6) is 0.618. The van der Waals surface area contributed by atoms with Gasteiger partial charge in [0.1, 0.15) is 0 Å².